The Kier molecular flexibility index (Phi) is 4.69. The summed E-state index contributed by atoms with van der Waals surface area (Å²) in [6, 6.07) is 3.21. The smallest absolute Gasteiger partial charge is 0.190 e. The van der Waals surface area contributed by atoms with Crippen molar-refractivity contribution in [1.82, 2.24) is 0 Å². The van der Waals surface area contributed by atoms with Crippen LogP contribution < -0.4 is 0 Å². The minimum Gasteiger partial charge on any atom is -0.292 e. The maximum atomic E-state index is 12.3. The Balaban J connectivity index is 2.08. The van der Waals surface area contributed by atoms with Crippen molar-refractivity contribution >= 4 is 38.6 Å². The van der Waals surface area contributed by atoms with Crippen LogP contribution in [0.3, 0.4) is 0 Å². The van der Waals surface area contributed by atoms with Gasteiger partial charge in [0.15, 0.2) is 15.6 Å². The molecule has 2 rings (SSSR count). The number of hydrogen-bond acceptors (Lipinski definition) is 4. The lowest BCUT2D eigenvalue weighted by Gasteiger charge is -2.14. The van der Waals surface area contributed by atoms with Crippen LogP contribution in [0.4, 0.5) is 0 Å². The van der Waals surface area contributed by atoms with Crippen molar-refractivity contribution in [2.75, 3.05) is 5.75 Å². The van der Waals surface area contributed by atoms with Gasteiger partial charge in [-0.05, 0) is 37.8 Å². The second-order valence-electron chi connectivity index (χ2n) is 5.09. The molecule has 0 aliphatic heterocycles. The van der Waals surface area contributed by atoms with E-state index in [4.69, 9.17) is 11.6 Å². The molecule has 1 aromatic heterocycles. The molecule has 1 unspecified atom stereocenters. The lowest BCUT2D eigenvalue weighted by Crippen LogP contribution is -2.31. The van der Waals surface area contributed by atoms with Crippen LogP contribution in [0.2, 0.25) is 4.34 Å². The Morgan fingerprint density at radius 3 is 2.58 bits per heavy atom. The van der Waals surface area contributed by atoms with Gasteiger partial charge in [-0.25, -0.2) is 8.42 Å². The van der Waals surface area contributed by atoms with Crippen LogP contribution in [0.1, 0.15) is 42.3 Å². The maximum Gasteiger partial charge on any atom is 0.190 e. The Labute approximate surface area is 122 Å². The number of sulfone groups is 1. The molecular formula is C13H17ClO3S2. The predicted molar refractivity (Wildman–Crippen MR) is 78.9 cm³/mol. The predicted octanol–water partition coefficient (Wildman–Crippen LogP) is 3.58. The van der Waals surface area contributed by atoms with Crippen LogP contribution >= 0.6 is 22.9 Å². The molecule has 3 nitrogen and oxygen atoms in total. The summed E-state index contributed by atoms with van der Waals surface area (Å²) in [6.45, 7) is 1.49. The van der Waals surface area contributed by atoms with Gasteiger partial charge in [0.1, 0.15) is 5.25 Å². The van der Waals surface area contributed by atoms with Gasteiger partial charge in [-0.3, -0.25) is 4.79 Å². The van der Waals surface area contributed by atoms with E-state index in [0.29, 0.717) is 9.21 Å². The van der Waals surface area contributed by atoms with E-state index >= 15 is 0 Å². The third-order valence-electron chi connectivity index (χ3n) is 3.67. The van der Waals surface area contributed by atoms with Crippen LogP contribution in [0.15, 0.2) is 12.1 Å². The average molecular weight is 321 g/mol. The monoisotopic (exact) mass is 320 g/mol. The summed E-state index contributed by atoms with van der Waals surface area (Å²) in [5.74, 6) is 0.0287. The van der Waals surface area contributed by atoms with Crippen LogP contribution in [0.5, 0.6) is 0 Å². The fraction of sp³-hybridized carbons (Fsp3) is 0.615. The highest BCUT2D eigenvalue weighted by molar-refractivity contribution is 7.92. The highest BCUT2D eigenvalue weighted by Crippen LogP contribution is 2.29. The summed E-state index contributed by atoms with van der Waals surface area (Å²) >= 11 is 6.91. The van der Waals surface area contributed by atoms with Gasteiger partial charge < -0.3 is 0 Å². The molecule has 0 aromatic carbocycles. The fourth-order valence-corrected chi connectivity index (χ4v) is 5.34. The number of hydrogen-bond donors (Lipinski definition) is 0. The summed E-state index contributed by atoms with van der Waals surface area (Å²) in [5, 5.41) is -0.970. The van der Waals surface area contributed by atoms with Crippen molar-refractivity contribution in [3.63, 3.8) is 0 Å². The molecule has 1 aliphatic carbocycles. The van der Waals surface area contributed by atoms with E-state index < -0.39 is 15.1 Å². The molecule has 0 spiro atoms. The Hall–Kier alpha value is -0.390. The van der Waals surface area contributed by atoms with Crippen molar-refractivity contribution in [3.05, 3.63) is 21.3 Å². The SMILES string of the molecule is CC(C(=O)c1ccc(Cl)s1)S(=O)(=O)CC1CCCC1. The van der Waals surface area contributed by atoms with E-state index in [2.05, 4.69) is 0 Å². The van der Waals surface area contributed by atoms with Crippen LogP contribution in [0, 0.1) is 5.92 Å². The Morgan fingerprint density at radius 1 is 1.42 bits per heavy atom. The molecule has 1 fully saturated rings. The van der Waals surface area contributed by atoms with Crippen LogP contribution in [-0.4, -0.2) is 25.2 Å². The molecule has 1 atom stereocenters. The zero-order chi connectivity index (χ0) is 14.0. The van der Waals surface area contributed by atoms with Crippen molar-refractivity contribution < 1.29 is 13.2 Å². The first-order valence-corrected chi connectivity index (χ1v) is 9.32. The fourth-order valence-electron chi connectivity index (χ4n) is 2.46. The van der Waals surface area contributed by atoms with Crippen LogP contribution in [0.25, 0.3) is 0 Å². The lowest BCUT2D eigenvalue weighted by atomic mass is 10.1. The Bertz CT molecular complexity index is 556. The highest BCUT2D eigenvalue weighted by atomic mass is 35.5. The number of ketones is 1. The first-order valence-electron chi connectivity index (χ1n) is 6.41. The van der Waals surface area contributed by atoms with E-state index in [0.717, 1.165) is 37.0 Å². The van der Waals surface area contributed by atoms with Crippen molar-refractivity contribution in [2.24, 2.45) is 5.92 Å². The third-order valence-corrected chi connectivity index (χ3v) is 7.14. The topological polar surface area (TPSA) is 51.2 Å². The summed E-state index contributed by atoms with van der Waals surface area (Å²) in [4.78, 5) is 12.6. The van der Waals surface area contributed by atoms with Gasteiger partial charge >= 0.3 is 0 Å². The normalized spacial score (nSPS) is 18.6. The standard InChI is InChI=1S/C13H17ClO3S2/c1-9(13(15)11-6-7-12(14)18-11)19(16,17)8-10-4-2-3-5-10/h6-7,9-10H,2-5,8H2,1H3. The lowest BCUT2D eigenvalue weighted by molar-refractivity contribution is 0.0995. The van der Waals surface area contributed by atoms with Crippen molar-refractivity contribution in [3.8, 4) is 0 Å². The minimum absolute atomic E-state index is 0.138. The van der Waals surface area contributed by atoms with Gasteiger partial charge in [0.2, 0.25) is 0 Å². The quantitative estimate of drug-likeness (QED) is 0.779. The zero-order valence-electron chi connectivity index (χ0n) is 10.8. The summed E-state index contributed by atoms with van der Waals surface area (Å²) < 4.78 is 25.0. The van der Waals surface area contributed by atoms with Crippen molar-refractivity contribution in [2.45, 2.75) is 37.9 Å². The number of rotatable bonds is 5. The molecule has 0 radical (unpaired) electrons. The highest BCUT2D eigenvalue weighted by Gasteiger charge is 2.32. The van der Waals surface area contributed by atoms with Gasteiger partial charge in [-0.15, -0.1) is 11.3 Å². The van der Waals surface area contributed by atoms with E-state index in [1.165, 1.54) is 6.92 Å². The third kappa shape index (κ3) is 3.58. The van der Waals surface area contributed by atoms with Crippen LogP contribution in [-0.2, 0) is 9.84 Å². The molecule has 1 aliphatic rings. The zero-order valence-corrected chi connectivity index (χ0v) is 13.2. The summed E-state index contributed by atoms with van der Waals surface area (Å²) in [6.07, 6.45) is 4.13. The molecule has 6 heteroatoms. The van der Waals surface area contributed by atoms with E-state index in [1.807, 2.05) is 0 Å². The molecular weight excluding hydrogens is 304 g/mol. The molecule has 1 aromatic rings. The Morgan fingerprint density at radius 2 is 2.05 bits per heavy atom. The van der Waals surface area contributed by atoms with Gasteiger partial charge in [0.05, 0.1) is 15.0 Å². The summed E-state index contributed by atoms with van der Waals surface area (Å²) in [7, 11) is -3.37. The van der Waals surface area contributed by atoms with Gasteiger partial charge in [0, 0.05) is 0 Å². The number of Topliss-reactive ketones (excluding diaryl/α,β-unsaturated/α-hetero) is 1. The second kappa shape index (κ2) is 5.94. The first kappa shape index (κ1) is 15.0. The minimum atomic E-state index is -3.37. The second-order valence-corrected chi connectivity index (χ2v) is 9.17. The molecule has 1 heterocycles. The molecule has 0 saturated heterocycles. The number of carbonyl (C=O) groups excluding carboxylic acids is 1. The van der Waals surface area contributed by atoms with E-state index in [1.54, 1.807) is 12.1 Å². The molecule has 19 heavy (non-hydrogen) atoms. The maximum absolute atomic E-state index is 12.3. The number of halogens is 1. The first-order chi connectivity index (χ1) is 8.90. The van der Waals surface area contributed by atoms with Gasteiger partial charge in [-0.1, -0.05) is 24.4 Å². The number of thiophene rings is 1. The average Bonchev–Trinajstić information content (AvgIpc) is 2.98. The molecule has 1 saturated carbocycles. The number of carbonyl (C=O) groups is 1. The molecule has 0 N–H and O–H groups in total. The van der Waals surface area contributed by atoms with E-state index in [9.17, 15) is 13.2 Å². The molecule has 0 bridgehead atoms. The summed E-state index contributed by atoms with van der Waals surface area (Å²) in [5.41, 5.74) is 0. The van der Waals surface area contributed by atoms with Crippen molar-refractivity contribution in [1.29, 1.82) is 0 Å². The largest absolute Gasteiger partial charge is 0.292 e. The molecule has 106 valence electrons. The molecule has 0 amide bonds. The van der Waals surface area contributed by atoms with Gasteiger partial charge in [-0.2, -0.15) is 0 Å². The van der Waals surface area contributed by atoms with E-state index in [-0.39, 0.29) is 17.5 Å². The van der Waals surface area contributed by atoms with Gasteiger partial charge in [0.25, 0.3) is 0 Å².